The summed E-state index contributed by atoms with van der Waals surface area (Å²) in [6.07, 6.45) is 1.85. The van der Waals surface area contributed by atoms with Gasteiger partial charge in [0, 0.05) is 22.7 Å². The molecule has 4 heteroatoms. The summed E-state index contributed by atoms with van der Waals surface area (Å²) in [6, 6.07) is 25.0. The monoisotopic (exact) mass is 379 g/mol. The van der Waals surface area contributed by atoms with Crippen molar-refractivity contribution in [2.75, 3.05) is 6.54 Å². The maximum absolute atomic E-state index is 12.3. The summed E-state index contributed by atoms with van der Waals surface area (Å²) >= 11 is 6.14. The third-order valence-corrected chi connectivity index (χ3v) is 4.59. The Kier molecular flexibility index (Phi) is 6.89. The van der Waals surface area contributed by atoms with Gasteiger partial charge in [-0.05, 0) is 42.7 Å². The van der Waals surface area contributed by atoms with Gasteiger partial charge in [0.2, 0.25) is 0 Å². The van der Waals surface area contributed by atoms with E-state index < -0.39 is 0 Å². The molecule has 0 saturated carbocycles. The van der Waals surface area contributed by atoms with Crippen molar-refractivity contribution >= 4 is 17.5 Å². The molecule has 0 aromatic heterocycles. The molecule has 0 heterocycles. The molecule has 3 aromatic rings. The summed E-state index contributed by atoms with van der Waals surface area (Å²) in [5, 5.41) is 3.63. The van der Waals surface area contributed by atoms with Crippen LogP contribution in [0.4, 0.5) is 0 Å². The maximum Gasteiger partial charge on any atom is 0.251 e. The van der Waals surface area contributed by atoms with Crippen LogP contribution in [0.15, 0.2) is 78.9 Å². The standard InChI is InChI=1S/C23H22ClNO2/c24-22-14-5-4-11-20(22)17-27-21-13-6-12-19(16-21)23(26)25-15-7-10-18-8-2-1-3-9-18/h1-6,8-9,11-14,16H,7,10,15,17H2,(H,25,26). The normalized spacial score (nSPS) is 10.4. The van der Waals surface area contributed by atoms with E-state index in [0.717, 1.165) is 18.4 Å². The van der Waals surface area contributed by atoms with Crippen LogP contribution in [-0.4, -0.2) is 12.5 Å². The molecule has 0 fully saturated rings. The Balaban J connectivity index is 1.49. The molecule has 0 aliphatic carbocycles. The van der Waals surface area contributed by atoms with Crippen LogP contribution in [0, 0.1) is 0 Å². The Morgan fingerprint density at radius 2 is 1.70 bits per heavy atom. The molecule has 1 N–H and O–H groups in total. The molecule has 3 aromatic carbocycles. The van der Waals surface area contributed by atoms with Gasteiger partial charge >= 0.3 is 0 Å². The molecule has 27 heavy (non-hydrogen) atoms. The highest BCUT2D eigenvalue weighted by molar-refractivity contribution is 6.31. The number of aryl methyl sites for hydroxylation is 1. The van der Waals surface area contributed by atoms with Crippen molar-refractivity contribution in [1.82, 2.24) is 5.32 Å². The van der Waals surface area contributed by atoms with Gasteiger partial charge in [-0.3, -0.25) is 4.79 Å². The minimum Gasteiger partial charge on any atom is -0.489 e. The number of carbonyl (C=O) groups is 1. The van der Waals surface area contributed by atoms with E-state index in [-0.39, 0.29) is 5.91 Å². The number of carbonyl (C=O) groups excluding carboxylic acids is 1. The van der Waals surface area contributed by atoms with Gasteiger partial charge in [-0.15, -0.1) is 0 Å². The summed E-state index contributed by atoms with van der Waals surface area (Å²) < 4.78 is 5.78. The van der Waals surface area contributed by atoms with E-state index in [0.29, 0.717) is 29.5 Å². The van der Waals surface area contributed by atoms with Crippen molar-refractivity contribution in [3.05, 3.63) is 101 Å². The molecule has 0 bridgehead atoms. The highest BCUT2D eigenvalue weighted by Gasteiger charge is 2.07. The first-order valence-electron chi connectivity index (χ1n) is 9.01. The van der Waals surface area contributed by atoms with Crippen molar-refractivity contribution < 1.29 is 9.53 Å². The molecule has 0 unspecified atom stereocenters. The zero-order valence-electron chi connectivity index (χ0n) is 15.0. The molecule has 0 aliphatic rings. The lowest BCUT2D eigenvalue weighted by Crippen LogP contribution is -2.24. The van der Waals surface area contributed by atoms with Crippen molar-refractivity contribution in [2.24, 2.45) is 0 Å². The molecule has 138 valence electrons. The van der Waals surface area contributed by atoms with Crippen LogP contribution >= 0.6 is 11.6 Å². The van der Waals surface area contributed by atoms with Crippen molar-refractivity contribution in [3.8, 4) is 5.75 Å². The molecule has 0 saturated heterocycles. The molecule has 3 rings (SSSR count). The first-order chi connectivity index (χ1) is 13.2. The van der Waals surface area contributed by atoms with E-state index >= 15 is 0 Å². The van der Waals surface area contributed by atoms with Gasteiger partial charge < -0.3 is 10.1 Å². The second kappa shape index (κ2) is 9.79. The molecule has 1 amide bonds. The van der Waals surface area contributed by atoms with E-state index in [1.807, 2.05) is 54.6 Å². The third kappa shape index (κ3) is 5.87. The average Bonchev–Trinajstić information content (AvgIpc) is 2.71. The first-order valence-corrected chi connectivity index (χ1v) is 9.38. The van der Waals surface area contributed by atoms with Crippen LogP contribution in [0.5, 0.6) is 5.75 Å². The minimum atomic E-state index is -0.0914. The molecular formula is C23H22ClNO2. The Morgan fingerprint density at radius 1 is 0.926 bits per heavy atom. The van der Waals surface area contributed by atoms with Crippen molar-refractivity contribution in [2.45, 2.75) is 19.4 Å². The summed E-state index contributed by atoms with van der Waals surface area (Å²) in [7, 11) is 0. The fourth-order valence-corrected chi connectivity index (χ4v) is 2.94. The molecule has 3 nitrogen and oxygen atoms in total. The number of nitrogens with one attached hydrogen (secondary N) is 1. The van der Waals surface area contributed by atoms with Gasteiger partial charge in [0.15, 0.2) is 0 Å². The summed E-state index contributed by atoms with van der Waals surface area (Å²) in [5.41, 5.74) is 2.78. The summed E-state index contributed by atoms with van der Waals surface area (Å²) in [4.78, 5) is 12.3. The Hall–Kier alpha value is -2.78. The SMILES string of the molecule is O=C(NCCCc1ccccc1)c1cccc(OCc2ccccc2Cl)c1. The fraction of sp³-hybridized carbons (Fsp3) is 0.174. The molecule has 0 spiro atoms. The van der Waals surface area contributed by atoms with Crippen LogP contribution in [0.3, 0.4) is 0 Å². The Bertz CT molecular complexity index is 880. The fourth-order valence-electron chi connectivity index (χ4n) is 2.74. The van der Waals surface area contributed by atoms with E-state index in [4.69, 9.17) is 16.3 Å². The van der Waals surface area contributed by atoms with E-state index in [1.54, 1.807) is 12.1 Å². The van der Waals surface area contributed by atoms with Crippen LogP contribution in [0.2, 0.25) is 5.02 Å². The number of hydrogen-bond donors (Lipinski definition) is 1. The number of rotatable bonds is 8. The first kappa shape index (κ1) is 19.0. The zero-order chi connectivity index (χ0) is 18.9. The lowest BCUT2D eigenvalue weighted by molar-refractivity contribution is 0.0952. The summed E-state index contributed by atoms with van der Waals surface area (Å²) in [5.74, 6) is 0.554. The smallest absolute Gasteiger partial charge is 0.251 e. The number of ether oxygens (including phenoxy) is 1. The predicted molar refractivity (Wildman–Crippen MR) is 109 cm³/mol. The van der Waals surface area contributed by atoms with Gasteiger partial charge in [0.25, 0.3) is 5.91 Å². The van der Waals surface area contributed by atoms with Crippen LogP contribution in [-0.2, 0) is 13.0 Å². The van der Waals surface area contributed by atoms with Gasteiger partial charge in [0.1, 0.15) is 12.4 Å². The lowest BCUT2D eigenvalue weighted by Gasteiger charge is -2.10. The third-order valence-electron chi connectivity index (χ3n) is 4.22. The van der Waals surface area contributed by atoms with E-state index in [1.165, 1.54) is 5.56 Å². The minimum absolute atomic E-state index is 0.0914. The Labute approximate surface area is 164 Å². The molecule has 0 aliphatic heterocycles. The predicted octanol–water partition coefficient (Wildman–Crippen LogP) is 5.28. The zero-order valence-corrected chi connectivity index (χ0v) is 15.8. The average molecular weight is 380 g/mol. The number of benzene rings is 3. The maximum atomic E-state index is 12.3. The quantitative estimate of drug-likeness (QED) is 0.540. The number of halogens is 1. The second-order valence-electron chi connectivity index (χ2n) is 6.25. The van der Waals surface area contributed by atoms with Crippen molar-refractivity contribution in [1.29, 1.82) is 0 Å². The van der Waals surface area contributed by atoms with Crippen LogP contribution < -0.4 is 10.1 Å². The van der Waals surface area contributed by atoms with Gasteiger partial charge in [-0.2, -0.15) is 0 Å². The molecular weight excluding hydrogens is 358 g/mol. The topological polar surface area (TPSA) is 38.3 Å². The van der Waals surface area contributed by atoms with Gasteiger partial charge in [0.05, 0.1) is 0 Å². The number of hydrogen-bond acceptors (Lipinski definition) is 2. The van der Waals surface area contributed by atoms with Crippen LogP contribution in [0.25, 0.3) is 0 Å². The van der Waals surface area contributed by atoms with E-state index in [9.17, 15) is 4.79 Å². The van der Waals surface area contributed by atoms with Gasteiger partial charge in [-0.25, -0.2) is 0 Å². The summed E-state index contributed by atoms with van der Waals surface area (Å²) in [6.45, 7) is 1.00. The lowest BCUT2D eigenvalue weighted by atomic mass is 10.1. The van der Waals surface area contributed by atoms with E-state index in [2.05, 4.69) is 17.4 Å². The Morgan fingerprint density at radius 3 is 2.52 bits per heavy atom. The van der Waals surface area contributed by atoms with Gasteiger partial charge in [-0.1, -0.05) is 66.2 Å². The highest BCUT2D eigenvalue weighted by atomic mass is 35.5. The highest BCUT2D eigenvalue weighted by Crippen LogP contribution is 2.19. The molecule has 0 radical (unpaired) electrons. The van der Waals surface area contributed by atoms with Crippen LogP contribution in [0.1, 0.15) is 27.9 Å². The van der Waals surface area contributed by atoms with Crippen molar-refractivity contribution in [3.63, 3.8) is 0 Å². The number of amides is 1. The second-order valence-corrected chi connectivity index (χ2v) is 6.66. The molecule has 0 atom stereocenters. The largest absolute Gasteiger partial charge is 0.489 e.